The molecule has 0 amide bonds. The van der Waals surface area contributed by atoms with Crippen LogP contribution in [0.5, 0.6) is 17.2 Å². The number of ether oxygens (including phenoxy) is 2. The van der Waals surface area contributed by atoms with Crippen LogP contribution in [0, 0.1) is 6.92 Å². The van der Waals surface area contributed by atoms with Crippen LogP contribution in [-0.2, 0) is 0 Å². The molecule has 0 aliphatic carbocycles. The number of aromatic nitrogens is 4. The van der Waals surface area contributed by atoms with Gasteiger partial charge in [-0.15, -0.1) is 21.5 Å². The first-order valence-corrected chi connectivity index (χ1v) is 12.2. The maximum Gasteiger partial charge on any atom is 0.161 e. The Hall–Kier alpha value is -4.56. The summed E-state index contributed by atoms with van der Waals surface area (Å²) in [5.41, 5.74) is 4.36. The van der Waals surface area contributed by atoms with E-state index in [4.69, 9.17) is 9.47 Å². The summed E-state index contributed by atoms with van der Waals surface area (Å²) >= 11 is 1.68. The summed E-state index contributed by atoms with van der Waals surface area (Å²) in [6, 6.07) is 21.6. The number of nitrogens with one attached hydrogen (secondary N) is 1. The lowest BCUT2D eigenvalue weighted by molar-refractivity contribution is 0.413. The maximum atomic E-state index is 6.11. The van der Waals surface area contributed by atoms with E-state index in [1.165, 1.54) is 5.56 Å². The average Bonchev–Trinajstić information content (AvgIpc) is 3.35. The number of hydrogen-bond donors (Lipinski definition) is 1. The monoisotopic (exact) mass is 491 g/mol. The second-order valence-electron chi connectivity index (χ2n) is 8.18. The Labute approximate surface area is 211 Å². The van der Waals surface area contributed by atoms with Gasteiger partial charge in [0.25, 0.3) is 0 Å². The van der Waals surface area contributed by atoms with E-state index < -0.39 is 0 Å². The summed E-state index contributed by atoms with van der Waals surface area (Å²) in [5.74, 6) is 2.66. The Morgan fingerprint density at radius 2 is 1.69 bits per heavy atom. The molecule has 4 aromatic heterocycles. The minimum Gasteiger partial charge on any atom is -0.495 e. The summed E-state index contributed by atoms with van der Waals surface area (Å²) in [6.45, 7) is 2.10. The van der Waals surface area contributed by atoms with Crippen molar-refractivity contribution in [2.24, 2.45) is 0 Å². The third-order valence-corrected chi connectivity index (χ3v) is 6.88. The fourth-order valence-corrected chi connectivity index (χ4v) is 4.95. The van der Waals surface area contributed by atoms with Crippen LogP contribution in [0.25, 0.3) is 32.4 Å². The highest BCUT2D eigenvalue weighted by molar-refractivity contribution is 7.13. The van der Waals surface area contributed by atoms with Crippen molar-refractivity contribution in [1.29, 1.82) is 0 Å². The molecule has 0 aliphatic rings. The van der Waals surface area contributed by atoms with E-state index in [1.54, 1.807) is 36.9 Å². The predicted octanol–water partition coefficient (Wildman–Crippen LogP) is 7.15. The number of aryl methyl sites for hydroxylation is 1. The van der Waals surface area contributed by atoms with Crippen molar-refractivity contribution in [3.63, 3.8) is 0 Å². The zero-order chi connectivity index (χ0) is 24.5. The van der Waals surface area contributed by atoms with E-state index in [0.29, 0.717) is 34.1 Å². The van der Waals surface area contributed by atoms with Gasteiger partial charge in [-0.1, -0.05) is 24.3 Å². The first-order valence-electron chi connectivity index (χ1n) is 11.3. The highest BCUT2D eigenvalue weighted by atomic mass is 32.1. The standard InChI is InChI=1S/C28H21N5O2S/c1-17-12-14-36-27(17)25-21-5-3-4-6-22(21)28(33-32-25)31-18-7-9-19(10-8-18)35-24-11-13-29-23-15-20(34-2)16-30-26(23)24/h3-16H,1-2H3,(H,31,33). The number of thiophene rings is 1. The molecule has 0 spiro atoms. The minimum atomic E-state index is 0.625. The molecule has 0 aliphatic heterocycles. The van der Waals surface area contributed by atoms with Gasteiger partial charge in [0.15, 0.2) is 11.6 Å². The predicted molar refractivity (Wildman–Crippen MR) is 143 cm³/mol. The average molecular weight is 492 g/mol. The van der Waals surface area contributed by atoms with Crippen molar-refractivity contribution < 1.29 is 9.47 Å². The molecule has 0 saturated carbocycles. The lowest BCUT2D eigenvalue weighted by atomic mass is 10.1. The molecule has 0 radical (unpaired) electrons. The highest BCUT2D eigenvalue weighted by Crippen LogP contribution is 2.36. The van der Waals surface area contributed by atoms with Crippen molar-refractivity contribution >= 4 is 44.6 Å². The molecule has 6 aromatic rings. The molecule has 0 atom stereocenters. The Morgan fingerprint density at radius 3 is 2.47 bits per heavy atom. The van der Waals surface area contributed by atoms with E-state index in [2.05, 4.69) is 56.0 Å². The maximum absolute atomic E-state index is 6.11. The van der Waals surface area contributed by atoms with Gasteiger partial charge < -0.3 is 14.8 Å². The van der Waals surface area contributed by atoms with Crippen LogP contribution < -0.4 is 14.8 Å². The lowest BCUT2D eigenvalue weighted by Gasteiger charge is -2.12. The molecule has 176 valence electrons. The highest BCUT2D eigenvalue weighted by Gasteiger charge is 2.14. The Bertz CT molecular complexity index is 1700. The smallest absolute Gasteiger partial charge is 0.161 e. The molecule has 7 nitrogen and oxygen atoms in total. The quantitative estimate of drug-likeness (QED) is 0.265. The van der Waals surface area contributed by atoms with E-state index in [1.807, 2.05) is 42.5 Å². The molecular weight excluding hydrogens is 470 g/mol. The van der Waals surface area contributed by atoms with Crippen LogP contribution in [0.1, 0.15) is 5.56 Å². The fraction of sp³-hybridized carbons (Fsp3) is 0.0714. The first-order chi connectivity index (χ1) is 17.7. The molecule has 0 unspecified atom stereocenters. The number of nitrogens with zero attached hydrogens (tertiary/aromatic N) is 4. The topological polar surface area (TPSA) is 82.0 Å². The second-order valence-corrected chi connectivity index (χ2v) is 9.10. The van der Waals surface area contributed by atoms with Crippen molar-refractivity contribution in [2.75, 3.05) is 12.4 Å². The van der Waals surface area contributed by atoms with Crippen LogP contribution in [0.3, 0.4) is 0 Å². The van der Waals surface area contributed by atoms with Crippen molar-refractivity contribution in [3.8, 4) is 27.8 Å². The Morgan fingerprint density at radius 1 is 0.861 bits per heavy atom. The minimum absolute atomic E-state index is 0.625. The molecule has 4 heterocycles. The lowest BCUT2D eigenvalue weighted by Crippen LogP contribution is -1.99. The van der Waals surface area contributed by atoms with Crippen LogP contribution in [0.15, 0.2) is 84.5 Å². The van der Waals surface area contributed by atoms with E-state index >= 15 is 0 Å². The van der Waals surface area contributed by atoms with E-state index in [-0.39, 0.29) is 0 Å². The van der Waals surface area contributed by atoms with Gasteiger partial charge in [0.05, 0.1) is 23.7 Å². The number of methoxy groups -OCH3 is 1. The third kappa shape index (κ3) is 4.08. The van der Waals surface area contributed by atoms with Gasteiger partial charge in [-0.25, -0.2) is 4.98 Å². The Balaban J connectivity index is 1.27. The number of fused-ring (bicyclic) bond motifs is 2. The number of rotatable bonds is 6. The van der Waals surface area contributed by atoms with E-state index in [0.717, 1.165) is 27.0 Å². The van der Waals surface area contributed by atoms with Gasteiger partial charge >= 0.3 is 0 Å². The third-order valence-electron chi connectivity index (χ3n) is 5.86. The molecular formula is C28H21N5O2S. The fourth-order valence-electron chi connectivity index (χ4n) is 4.03. The van der Waals surface area contributed by atoms with Crippen LogP contribution in [-0.4, -0.2) is 27.3 Å². The molecule has 1 N–H and O–H groups in total. The zero-order valence-electron chi connectivity index (χ0n) is 19.6. The van der Waals surface area contributed by atoms with Gasteiger partial charge in [-0.3, -0.25) is 4.98 Å². The zero-order valence-corrected chi connectivity index (χ0v) is 20.4. The summed E-state index contributed by atoms with van der Waals surface area (Å²) < 4.78 is 11.4. The molecule has 36 heavy (non-hydrogen) atoms. The van der Waals surface area contributed by atoms with Gasteiger partial charge in [-0.05, 0) is 48.2 Å². The van der Waals surface area contributed by atoms with Crippen LogP contribution >= 0.6 is 11.3 Å². The molecule has 0 bridgehead atoms. The summed E-state index contributed by atoms with van der Waals surface area (Å²) in [7, 11) is 1.60. The summed E-state index contributed by atoms with van der Waals surface area (Å²) in [6.07, 6.45) is 3.35. The second kappa shape index (κ2) is 9.24. The number of anilines is 2. The van der Waals surface area contributed by atoms with Gasteiger partial charge in [0, 0.05) is 34.8 Å². The molecule has 0 fully saturated rings. The van der Waals surface area contributed by atoms with Gasteiger partial charge in [-0.2, -0.15) is 0 Å². The normalized spacial score (nSPS) is 11.1. The van der Waals surface area contributed by atoms with E-state index in [9.17, 15) is 0 Å². The van der Waals surface area contributed by atoms with Crippen molar-refractivity contribution in [2.45, 2.75) is 6.92 Å². The van der Waals surface area contributed by atoms with Crippen LogP contribution in [0.4, 0.5) is 11.5 Å². The summed E-state index contributed by atoms with van der Waals surface area (Å²) in [5, 5.41) is 16.7. The molecule has 6 rings (SSSR count). The summed E-state index contributed by atoms with van der Waals surface area (Å²) in [4.78, 5) is 9.94. The van der Waals surface area contributed by atoms with Gasteiger partial charge in [0.2, 0.25) is 0 Å². The molecule has 2 aromatic carbocycles. The Kier molecular flexibility index (Phi) is 5.63. The molecule has 8 heteroatoms. The number of hydrogen-bond acceptors (Lipinski definition) is 8. The largest absolute Gasteiger partial charge is 0.495 e. The van der Waals surface area contributed by atoms with Gasteiger partial charge in [0.1, 0.15) is 22.7 Å². The number of pyridine rings is 2. The SMILES string of the molecule is COc1cnc2c(Oc3ccc(Nc4nnc(-c5sccc5C)c5ccccc45)cc3)ccnc2c1. The van der Waals surface area contributed by atoms with Crippen molar-refractivity contribution in [3.05, 3.63) is 90.1 Å². The molecule has 0 saturated heterocycles. The van der Waals surface area contributed by atoms with Crippen LogP contribution in [0.2, 0.25) is 0 Å². The van der Waals surface area contributed by atoms with Crippen molar-refractivity contribution in [1.82, 2.24) is 20.2 Å². The number of benzene rings is 2. The first kappa shape index (κ1) is 21.9.